The smallest absolute Gasteiger partial charge is 0.126 e. The molecule has 0 fully saturated rings. The maximum atomic E-state index is 13.5. The first-order chi connectivity index (χ1) is 7.99. The van der Waals surface area contributed by atoms with Crippen LogP contribution in [0.2, 0.25) is 5.02 Å². The summed E-state index contributed by atoms with van der Waals surface area (Å²) in [5, 5.41) is 0.714. The van der Waals surface area contributed by atoms with Crippen LogP contribution in [0.5, 0.6) is 0 Å². The third-order valence-corrected chi connectivity index (χ3v) is 3.40. The van der Waals surface area contributed by atoms with Gasteiger partial charge >= 0.3 is 0 Å². The number of hydrogen-bond acceptors (Lipinski definition) is 0. The van der Waals surface area contributed by atoms with Crippen molar-refractivity contribution in [3.05, 3.63) is 57.9 Å². The Morgan fingerprint density at radius 1 is 0.882 bits per heavy atom. The number of hydrogen-bond donors (Lipinski definition) is 0. The minimum absolute atomic E-state index is 0.182. The summed E-state index contributed by atoms with van der Waals surface area (Å²) in [6.45, 7) is 5.74. The topological polar surface area (TPSA) is 0 Å². The molecule has 0 nitrogen and oxygen atoms in total. The Bertz CT molecular complexity index is 573. The van der Waals surface area contributed by atoms with Gasteiger partial charge in [-0.1, -0.05) is 29.8 Å². The lowest BCUT2D eigenvalue weighted by molar-refractivity contribution is 0.619. The molecule has 0 aliphatic carbocycles. The molecule has 0 spiro atoms. The standard InChI is InChI=1S/C15H14ClF/c1-9-4-5-12(7-15(9)17)13-8-14(16)11(3)6-10(13)2/h4-8H,1-3H3. The predicted octanol–water partition coefficient (Wildman–Crippen LogP) is 5.07. The quantitative estimate of drug-likeness (QED) is 0.661. The Kier molecular flexibility index (Phi) is 3.21. The first-order valence-corrected chi connectivity index (χ1v) is 5.90. The Morgan fingerprint density at radius 2 is 1.59 bits per heavy atom. The molecule has 0 N–H and O–H groups in total. The second kappa shape index (κ2) is 4.50. The summed E-state index contributed by atoms with van der Waals surface area (Å²) in [5.74, 6) is -0.182. The predicted molar refractivity (Wildman–Crippen MR) is 71.1 cm³/mol. The van der Waals surface area contributed by atoms with Gasteiger partial charge in [0.05, 0.1) is 0 Å². The average Bonchev–Trinajstić information content (AvgIpc) is 2.27. The fourth-order valence-corrected chi connectivity index (χ4v) is 2.06. The van der Waals surface area contributed by atoms with Crippen LogP contribution >= 0.6 is 11.6 Å². The van der Waals surface area contributed by atoms with Crippen molar-refractivity contribution >= 4 is 11.6 Å². The summed E-state index contributed by atoms with van der Waals surface area (Å²) in [4.78, 5) is 0. The van der Waals surface area contributed by atoms with Crippen molar-refractivity contribution in [2.45, 2.75) is 20.8 Å². The van der Waals surface area contributed by atoms with Gasteiger partial charge in [-0.25, -0.2) is 4.39 Å². The van der Waals surface area contributed by atoms with E-state index in [2.05, 4.69) is 0 Å². The molecule has 17 heavy (non-hydrogen) atoms. The Labute approximate surface area is 106 Å². The molecule has 2 aromatic carbocycles. The van der Waals surface area contributed by atoms with Gasteiger partial charge in [-0.2, -0.15) is 0 Å². The van der Waals surface area contributed by atoms with Gasteiger partial charge in [0, 0.05) is 5.02 Å². The molecule has 0 amide bonds. The van der Waals surface area contributed by atoms with Crippen LogP contribution in [-0.2, 0) is 0 Å². The highest BCUT2D eigenvalue weighted by molar-refractivity contribution is 6.31. The Hall–Kier alpha value is -1.34. The largest absolute Gasteiger partial charge is 0.207 e. The van der Waals surface area contributed by atoms with Gasteiger partial charge in [-0.05, 0) is 60.7 Å². The second-order valence-corrected chi connectivity index (χ2v) is 4.79. The maximum Gasteiger partial charge on any atom is 0.126 e. The van der Waals surface area contributed by atoms with Gasteiger partial charge in [0.15, 0.2) is 0 Å². The maximum absolute atomic E-state index is 13.5. The molecule has 0 aliphatic rings. The zero-order valence-corrected chi connectivity index (χ0v) is 10.9. The molecule has 0 heterocycles. The van der Waals surface area contributed by atoms with E-state index in [1.54, 1.807) is 19.1 Å². The zero-order valence-electron chi connectivity index (χ0n) is 10.1. The molecule has 0 unspecified atom stereocenters. The molecule has 0 bridgehead atoms. The third kappa shape index (κ3) is 2.34. The van der Waals surface area contributed by atoms with E-state index in [9.17, 15) is 4.39 Å². The molecule has 0 aliphatic heterocycles. The van der Waals surface area contributed by atoms with Crippen LogP contribution in [0, 0.1) is 26.6 Å². The van der Waals surface area contributed by atoms with E-state index in [0.29, 0.717) is 10.6 Å². The van der Waals surface area contributed by atoms with Crippen molar-refractivity contribution in [3.63, 3.8) is 0 Å². The highest BCUT2D eigenvalue weighted by Crippen LogP contribution is 2.29. The first kappa shape index (κ1) is 12.1. The van der Waals surface area contributed by atoms with Crippen LogP contribution in [0.1, 0.15) is 16.7 Å². The van der Waals surface area contributed by atoms with E-state index < -0.39 is 0 Å². The van der Waals surface area contributed by atoms with E-state index in [0.717, 1.165) is 22.3 Å². The summed E-state index contributed by atoms with van der Waals surface area (Å²) < 4.78 is 13.5. The number of aryl methyl sites for hydroxylation is 3. The molecule has 0 radical (unpaired) electrons. The van der Waals surface area contributed by atoms with Gasteiger partial charge in [-0.3, -0.25) is 0 Å². The van der Waals surface area contributed by atoms with E-state index in [-0.39, 0.29) is 5.82 Å². The summed E-state index contributed by atoms with van der Waals surface area (Å²) in [5.41, 5.74) is 4.66. The lowest BCUT2D eigenvalue weighted by Gasteiger charge is -2.10. The molecule has 88 valence electrons. The van der Waals surface area contributed by atoms with Crippen molar-refractivity contribution < 1.29 is 4.39 Å². The Balaban J connectivity index is 2.60. The normalized spacial score (nSPS) is 10.6. The van der Waals surface area contributed by atoms with Gasteiger partial charge in [0.2, 0.25) is 0 Å². The van der Waals surface area contributed by atoms with Crippen molar-refractivity contribution in [1.29, 1.82) is 0 Å². The van der Waals surface area contributed by atoms with E-state index >= 15 is 0 Å². The van der Waals surface area contributed by atoms with Crippen LogP contribution in [0.15, 0.2) is 30.3 Å². The lowest BCUT2D eigenvalue weighted by atomic mass is 9.98. The van der Waals surface area contributed by atoms with Crippen molar-refractivity contribution in [1.82, 2.24) is 0 Å². The Morgan fingerprint density at radius 3 is 2.24 bits per heavy atom. The summed E-state index contributed by atoms with van der Waals surface area (Å²) in [6, 6.07) is 9.19. The van der Waals surface area contributed by atoms with Crippen LogP contribution in [0.25, 0.3) is 11.1 Å². The highest BCUT2D eigenvalue weighted by atomic mass is 35.5. The fourth-order valence-electron chi connectivity index (χ4n) is 1.90. The lowest BCUT2D eigenvalue weighted by Crippen LogP contribution is -1.89. The number of halogens is 2. The van der Waals surface area contributed by atoms with Gasteiger partial charge < -0.3 is 0 Å². The second-order valence-electron chi connectivity index (χ2n) is 4.38. The van der Waals surface area contributed by atoms with Crippen LogP contribution < -0.4 is 0 Å². The van der Waals surface area contributed by atoms with Gasteiger partial charge in [0.1, 0.15) is 5.82 Å². The van der Waals surface area contributed by atoms with Crippen LogP contribution in [0.4, 0.5) is 4.39 Å². The van der Waals surface area contributed by atoms with Crippen molar-refractivity contribution in [3.8, 4) is 11.1 Å². The number of benzene rings is 2. The summed E-state index contributed by atoms with van der Waals surface area (Å²) >= 11 is 6.11. The zero-order chi connectivity index (χ0) is 12.6. The van der Waals surface area contributed by atoms with Crippen LogP contribution in [-0.4, -0.2) is 0 Å². The molecule has 0 saturated carbocycles. The summed E-state index contributed by atoms with van der Waals surface area (Å²) in [7, 11) is 0. The summed E-state index contributed by atoms with van der Waals surface area (Å²) in [6.07, 6.45) is 0. The molecular formula is C15H14ClF. The first-order valence-electron chi connectivity index (χ1n) is 5.52. The molecule has 0 saturated heterocycles. The molecule has 2 heteroatoms. The minimum Gasteiger partial charge on any atom is -0.207 e. The molecule has 0 atom stereocenters. The van der Waals surface area contributed by atoms with Crippen LogP contribution in [0.3, 0.4) is 0 Å². The fraction of sp³-hybridized carbons (Fsp3) is 0.200. The molecule has 2 rings (SSSR count). The molecular weight excluding hydrogens is 235 g/mol. The minimum atomic E-state index is -0.182. The third-order valence-electron chi connectivity index (χ3n) is 2.99. The molecule has 2 aromatic rings. The van der Waals surface area contributed by atoms with Gasteiger partial charge in [-0.15, -0.1) is 0 Å². The van der Waals surface area contributed by atoms with E-state index in [1.165, 1.54) is 0 Å². The highest BCUT2D eigenvalue weighted by Gasteiger charge is 2.07. The monoisotopic (exact) mass is 248 g/mol. The SMILES string of the molecule is Cc1ccc(-c2cc(Cl)c(C)cc2C)cc1F. The number of rotatable bonds is 1. The van der Waals surface area contributed by atoms with Gasteiger partial charge in [0.25, 0.3) is 0 Å². The van der Waals surface area contributed by atoms with Crippen molar-refractivity contribution in [2.75, 3.05) is 0 Å². The van der Waals surface area contributed by atoms with E-state index in [4.69, 9.17) is 11.6 Å². The average molecular weight is 249 g/mol. The molecule has 0 aromatic heterocycles. The van der Waals surface area contributed by atoms with E-state index in [1.807, 2.05) is 32.0 Å². The van der Waals surface area contributed by atoms with Crippen molar-refractivity contribution in [2.24, 2.45) is 0 Å².